The molecule has 0 atom stereocenters. The summed E-state index contributed by atoms with van der Waals surface area (Å²) in [6.07, 6.45) is 2.83. The molecule has 0 aromatic heterocycles. The van der Waals surface area contributed by atoms with Crippen LogP contribution in [0.2, 0.25) is 0 Å². The van der Waals surface area contributed by atoms with Crippen LogP contribution in [0.3, 0.4) is 0 Å². The maximum absolute atomic E-state index is 12.0. The summed E-state index contributed by atoms with van der Waals surface area (Å²) < 4.78 is 12.0. The molecule has 1 N–H and O–H groups in total. The van der Waals surface area contributed by atoms with Gasteiger partial charge in [0.05, 0.1) is 5.57 Å². The van der Waals surface area contributed by atoms with Crippen molar-refractivity contribution < 1.29 is 14.3 Å². The van der Waals surface area contributed by atoms with Gasteiger partial charge in [0.25, 0.3) is 0 Å². The van der Waals surface area contributed by atoms with Crippen molar-refractivity contribution in [3.8, 4) is 0 Å². The van der Waals surface area contributed by atoms with Gasteiger partial charge in [-0.15, -0.1) is 0 Å². The van der Waals surface area contributed by atoms with Gasteiger partial charge < -0.3 is 5.11 Å². The highest BCUT2D eigenvalue weighted by Crippen LogP contribution is 2.05. The van der Waals surface area contributed by atoms with Crippen LogP contribution in [-0.4, -0.2) is 11.1 Å². The van der Waals surface area contributed by atoms with Crippen LogP contribution >= 0.6 is 0 Å². The molecular weight excluding hydrogens is 183 g/mol. The van der Waals surface area contributed by atoms with Gasteiger partial charge >= 0.3 is 5.97 Å². The summed E-state index contributed by atoms with van der Waals surface area (Å²) in [5, 5.41) is 8.49. The smallest absolute Gasteiger partial charge is 0.338 e. The van der Waals surface area contributed by atoms with E-state index in [1.165, 1.54) is 6.08 Å². The van der Waals surface area contributed by atoms with Crippen molar-refractivity contribution in [3.05, 3.63) is 53.9 Å². The first kappa shape index (κ1) is 10.2. The predicted octanol–water partition coefficient (Wildman–Crippen LogP) is 2.64. The lowest BCUT2D eigenvalue weighted by Gasteiger charge is -1.92. The zero-order chi connectivity index (χ0) is 10.4. The highest BCUT2D eigenvalue weighted by atomic mass is 19.1. The van der Waals surface area contributed by atoms with Crippen LogP contribution in [0, 0.1) is 0 Å². The summed E-state index contributed by atoms with van der Waals surface area (Å²) in [5.74, 6) is -1.28. The molecule has 14 heavy (non-hydrogen) atoms. The molecule has 0 spiro atoms. The van der Waals surface area contributed by atoms with Crippen LogP contribution in [0.4, 0.5) is 4.39 Å². The average Bonchev–Trinajstić information content (AvgIpc) is 2.20. The van der Waals surface area contributed by atoms with Gasteiger partial charge in [-0.3, -0.25) is 0 Å². The van der Waals surface area contributed by atoms with Gasteiger partial charge in [-0.25, -0.2) is 9.18 Å². The third kappa shape index (κ3) is 2.86. The van der Waals surface area contributed by atoms with Gasteiger partial charge in [0.15, 0.2) is 0 Å². The van der Waals surface area contributed by atoms with Gasteiger partial charge in [-0.05, 0) is 11.6 Å². The van der Waals surface area contributed by atoms with Gasteiger partial charge in [-0.1, -0.05) is 36.4 Å². The molecule has 3 heteroatoms. The Labute approximate surface area is 81.0 Å². The molecule has 0 radical (unpaired) electrons. The molecule has 0 amide bonds. The van der Waals surface area contributed by atoms with E-state index in [4.69, 9.17) is 5.11 Å². The van der Waals surface area contributed by atoms with Crippen LogP contribution in [0.25, 0.3) is 6.08 Å². The number of benzene rings is 1. The maximum Gasteiger partial charge on any atom is 0.338 e. The molecule has 0 aliphatic carbocycles. The van der Waals surface area contributed by atoms with Crippen molar-refractivity contribution in [2.75, 3.05) is 0 Å². The van der Waals surface area contributed by atoms with E-state index in [1.807, 2.05) is 18.2 Å². The lowest BCUT2D eigenvalue weighted by atomic mass is 10.2. The normalized spacial score (nSPS) is 11.9. The minimum atomic E-state index is -1.28. The molecular formula is C11H9FO2. The Morgan fingerprint density at radius 3 is 2.43 bits per heavy atom. The number of carboxylic acid groups (broad SMARTS) is 1. The van der Waals surface area contributed by atoms with Crippen molar-refractivity contribution in [2.45, 2.75) is 0 Å². The van der Waals surface area contributed by atoms with Crippen molar-refractivity contribution in [1.29, 1.82) is 0 Å². The first-order chi connectivity index (χ1) is 6.74. The molecule has 0 saturated heterocycles. The molecule has 0 aliphatic rings. The second-order valence-corrected chi connectivity index (χ2v) is 2.61. The second kappa shape index (κ2) is 4.97. The minimum Gasteiger partial charge on any atom is -0.478 e. The van der Waals surface area contributed by atoms with E-state index in [0.29, 0.717) is 0 Å². The molecule has 1 rings (SSSR count). The topological polar surface area (TPSA) is 37.3 Å². The first-order valence-corrected chi connectivity index (χ1v) is 4.01. The van der Waals surface area contributed by atoms with E-state index in [1.54, 1.807) is 18.2 Å². The Kier molecular flexibility index (Phi) is 3.61. The van der Waals surface area contributed by atoms with Gasteiger partial charge in [0.1, 0.15) is 6.33 Å². The summed E-state index contributed by atoms with van der Waals surface area (Å²) in [7, 11) is 0. The molecule has 0 fully saturated rings. The third-order valence-electron chi connectivity index (χ3n) is 1.62. The molecule has 0 unspecified atom stereocenters. The lowest BCUT2D eigenvalue weighted by molar-refractivity contribution is -0.132. The number of halogens is 1. The second-order valence-electron chi connectivity index (χ2n) is 2.61. The van der Waals surface area contributed by atoms with Crippen LogP contribution in [0.5, 0.6) is 0 Å². The molecule has 72 valence electrons. The maximum atomic E-state index is 12.0. The number of carboxylic acids is 1. The van der Waals surface area contributed by atoms with Crippen molar-refractivity contribution in [2.24, 2.45) is 0 Å². The van der Waals surface area contributed by atoms with Crippen LogP contribution in [0.15, 0.2) is 48.3 Å². The van der Waals surface area contributed by atoms with E-state index < -0.39 is 5.97 Å². The Hall–Kier alpha value is -1.90. The number of aliphatic carboxylic acids is 1. The zero-order valence-corrected chi connectivity index (χ0v) is 7.35. The average molecular weight is 192 g/mol. The summed E-state index contributed by atoms with van der Waals surface area (Å²) in [6.45, 7) is 0. The van der Waals surface area contributed by atoms with Gasteiger partial charge in [0, 0.05) is 0 Å². The van der Waals surface area contributed by atoms with Crippen LogP contribution in [0.1, 0.15) is 5.56 Å². The van der Waals surface area contributed by atoms with E-state index in [-0.39, 0.29) is 11.9 Å². The highest BCUT2D eigenvalue weighted by molar-refractivity contribution is 5.90. The monoisotopic (exact) mass is 192 g/mol. The number of rotatable bonds is 3. The summed E-state index contributed by atoms with van der Waals surface area (Å²) >= 11 is 0. The van der Waals surface area contributed by atoms with E-state index in [0.717, 1.165) is 5.56 Å². The first-order valence-electron chi connectivity index (χ1n) is 4.01. The molecule has 0 aliphatic heterocycles. The Balaban J connectivity index is 2.78. The van der Waals surface area contributed by atoms with E-state index in [9.17, 15) is 9.18 Å². The quantitative estimate of drug-likeness (QED) is 0.590. The van der Waals surface area contributed by atoms with Crippen molar-refractivity contribution in [1.82, 2.24) is 0 Å². The SMILES string of the molecule is O=C(O)C(C=Cc1ccccc1)=CF. The third-order valence-corrected chi connectivity index (χ3v) is 1.62. The zero-order valence-electron chi connectivity index (χ0n) is 7.35. The predicted molar refractivity (Wildman–Crippen MR) is 52.3 cm³/mol. The van der Waals surface area contributed by atoms with Crippen LogP contribution < -0.4 is 0 Å². The summed E-state index contributed by atoms with van der Waals surface area (Å²) in [6, 6.07) is 9.08. The highest BCUT2D eigenvalue weighted by Gasteiger charge is 2.01. The molecule has 1 aromatic rings. The Bertz CT molecular complexity index is 366. The molecule has 0 heterocycles. The summed E-state index contributed by atoms with van der Waals surface area (Å²) in [4.78, 5) is 10.4. The lowest BCUT2D eigenvalue weighted by Crippen LogP contribution is -1.96. The number of carbonyl (C=O) groups is 1. The standard InChI is InChI=1S/C11H9FO2/c12-8-10(11(13)14)7-6-9-4-2-1-3-5-9/h1-8H,(H,13,14). The fourth-order valence-electron chi connectivity index (χ4n) is 0.904. The number of hydrogen-bond donors (Lipinski definition) is 1. The van der Waals surface area contributed by atoms with E-state index >= 15 is 0 Å². The van der Waals surface area contributed by atoms with Crippen molar-refractivity contribution >= 4 is 12.0 Å². The molecule has 2 nitrogen and oxygen atoms in total. The number of hydrogen-bond acceptors (Lipinski definition) is 1. The molecule has 0 bridgehead atoms. The summed E-state index contributed by atoms with van der Waals surface area (Å²) in [5.41, 5.74) is 0.460. The fourth-order valence-corrected chi connectivity index (χ4v) is 0.904. The fraction of sp³-hybridized carbons (Fsp3) is 0. The van der Waals surface area contributed by atoms with Gasteiger partial charge in [-0.2, -0.15) is 0 Å². The molecule has 1 aromatic carbocycles. The van der Waals surface area contributed by atoms with Gasteiger partial charge in [0.2, 0.25) is 0 Å². The van der Waals surface area contributed by atoms with E-state index in [2.05, 4.69) is 0 Å². The Morgan fingerprint density at radius 2 is 1.93 bits per heavy atom. The van der Waals surface area contributed by atoms with Crippen LogP contribution in [-0.2, 0) is 4.79 Å². The molecule has 0 saturated carbocycles. The minimum absolute atomic E-state index is 0.0712. The van der Waals surface area contributed by atoms with Crippen molar-refractivity contribution in [3.63, 3.8) is 0 Å². The Morgan fingerprint density at radius 1 is 1.29 bits per heavy atom. The largest absolute Gasteiger partial charge is 0.478 e.